The second-order valence-corrected chi connectivity index (χ2v) is 6.69. The van der Waals surface area contributed by atoms with Crippen LogP contribution in [0.4, 0.5) is 5.69 Å². The monoisotopic (exact) mass is 356 g/mol. The van der Waals surface area contributed by atoms with Gasteiger partial charge in [0.05, 0.1) is 22.8 Å². The Morgan fingerprint density at radius 3 is 3.00 bits per heavy atom. The Kier molecular flexibility index (Phi) is 4.61. The quantitative estimate of drug-likeness (QED) is 0.829. The molecule has 0 bridgehead atoms. The van der Waals surface area contributed by atoms with Crippen molar-refractivity contribution in [3.05, 3.63) is 21.0 Å². The van der Waals surface area contributed by atoms with E-state index in [2.05, 4.69) is 31.7 Å². The molecule has 116 valence electrons. The van der Waals surface area contributed by atoms with Crippen LogP contribution in [0.1, 0.15) is 19.3 Å². The average molecular weight is 357 g/mol. The van der Waals surface area contributed by atoms with Gasteiger partial charge in [0.2, 0.25) is 0 Å². The summed E-state index contributed by atoms with van der Waals surface area (Å²) in [6.07, 6.45) is 5.44. The lowest BCUT2D eigenvalue weighted by atomic mass is 9.85. The van der Waals surface area contributed by atoms with E-state index < -0.39 is 0 Å². The maximum atomic E-state index is 12.6. The van der Waals surface area contributed by atoms with E-state index in [4.69, 9.17) is 4.74 Å². The fourth-order valence-corrected chi connectivity index (χ4v) is 3.26. The number of halogens is 1. The molecule has 1 aromatic heterocycles. The molecule has 0 aromatic carbocycles. The van der Waals surface area contributed by atoms with Gasteiger partial charge < -0.3 is 15.4 Å². The second kappa shape index (κ2) is 6.46. The summed E-state index contributed by atoms with van der Waals surface area (Å²) in [6.45, 7) is 2.31. The van der Waals surface area contributed by atoms with E-state index in [9.17, 15) is 4.79 Å². The SMILES string of the molecule is CO[C@H]1CNCC1Nc1c(Br)cnn(CC2CCC2)c1=O. The Balaban J connectivity index is 1.79. The summed E-state index contributed by atoms with van der Waals surface area (Å²) < 4.78 is 7.72. The van der Waals surface area contributed by atoms with E-state index >= 15 is 0 Å². The molecule has 2 fully saturated rings. The molecule has 0 spiro atoms. The van der Waals surface area contributed by atoms with Gasteiger partial charge in [-0.1, -0.05) is 6.42 Å². The molecule has 0 radical (unpaired) electrons. The predicted octanol–water partition coefficient (Wildman–Crippen LogP) is 1.20. The Bertz CT molecular complexity index is 558. The van der Waals surface area contributed by atoms with Crippen molar-refractivity contribution in [2.24, 2.45) is 5.92 Å². The van der Waals surface area contributed by atoms with Gasteiger partial charge in [-0.15, -0.1) is 0 Å². The van der Waals surface area contributed by atoms with Gasteiger partial charge in [-0.2, -0.15) is 5.10 Å². The number of nitrogens with one attached hydrogen (secondary N) is 2. The summed E-state index contributed by atoms with van der Waals surface area (Å²) in [7, 11) is 1.70. The minimum absolute atomic E-state index is 0.0574. The molecule has 7 heteroatoms. The molecule has 3 rings (SSSR count). The number of aromatic nitrogens is 2. The summed E-state index contributed by atoms with van der Waals surface area (Å²) in [5, 5.41) is 10.8. The third kappa shape index (κ3) is 3.14. The molecular formula is C14H21BrN4O2. The first-order chi connectivity index (χ1) is 10.2. The summed E-state index contributed by atoms with van der Waals surface area (Å²) in [4.78, 5) is 12.6. The predicted molar refractivity (Wildman–Crippen MR) is 84.6 cm³/mol. The third-order valence-corrected chi connectivity index (χ3v) is 5.05. The van der Waals surface area contributed by atoms with Crippen LogP contribution in [-0.2, 0) is 11.3 Å². The summed E-state index contributed by atoms with van der Waals surface area (Å²) >= 11 is 3.43. The van der Waals surface area contributed by atoms with Crippen LogP contribution in [0.5, 0.6) is 0 Å². The van der Waals surface area contributed by atoms with Crippen molar-refractivity contribution in [1.29, 1.82) is 0 Å². The van der Waals surface area contributed by atoms with Crippen LogP contribution in [-0.4, -0.2) is 42.1 Å². The van der Waals surface area contributed by atoms with E-state index in [-0.39, 0.29) is 17.7 Å². The molecule has 1 unspecified atom stereocenters. The van der Waals surface area contributed by atoms with Crippen LogP contribution in [0.25, 0.3) is 0 Å². The fourth-order valence-electron chi connectivity index (χ4n) is 2.88. The van der Waals surface area contributed by atoms with Crippen molar-refractivity contribution in [1.82, 2.24) is 15.1 Å². The number of methoxy groups -OCH3 is 1. The van der Waals surface area contributed by atoms with E-state index in [1.165, 1.54) is 19.3 Å². The highest BCUT2D eigenvalue weighted by Gasteiger charge is 2.28. The topological polar surface area (TPSA) is 68.2 Å². The first kappa shape index (κ1) is 15.0. The molecule has 0 amide bonds. The zero-order chi connectivity index (χ0) is 14.8. The maximum Gasteiger partial charge on any atom is 0.291 e. The number of anilines is 1. The van der Waals surface area contributed by atoms with Crippen LogP contribution >= 0.6 is 15.9 Å². The molecule has 1 aromatic rings. The lowest BCUT2D eigenvalue weighted by Crippen LogP contribution is -2.38. The highest BCUT2D eigenvalue weighted by molar-refractivity contribution is 9.10. The van der Waals surface area contributed by atoms with Crippen molar-refractivity contribution in [3.63, 3.8) is 0 Å². The van der Waals surface area contributed by atoms with Crippen LogP contribution in [0.15, 0.2) is 15.5 Å². The van der Waals surface area contributed by atoms with Gasteiger partial charge in [0.15, 0.2) is 0 Å². The number of hydrogen-bond donors (Lipinski definition) is 2. The van der Waals surface area contributed by atoms with Crippen molar-refractivity contribution < 1.29 is 4.74 Å². The third-order valence-electron chi connectivity index (χ3n) is 4.44. The first-order valence-corrected chi connectivity index (χ1v) is 8.24. The molecule has 2 N–H and O–H groups in total. The Hall–Kier alpha value is -0.920. The number of hydrogen-bond acceptors (Lipinski definition) is 5. The first-order valence-electron chi connectivity index (χ1n) is 7.44. The number of ether oxygens (including phenoxy) is 1. The second-order valence-electron chi connectivity index (χ2n) is 5.83. The van der Waals surface area contributed by atoms with E-state index in [1.54, 1.807) is 18.0 Å². The van der Waals surface area contributed by atoms with Crippen molar-refractivity contribution in [2.45, 2.75) is 38.0 Å². The Morgan fingerprint density at radius 1 is 1.52 bits per heavy atom. The Morgan fingerprint density at radius 2 is 2.33 bits per heavy atom. The van der Waals surface area contributed by atoms with Crippen molar-refractivity contribution in [3.8, 4) is 0 Å². The lowest BCUT2D eigenvalue weighted by Gasteiger charge is -2.26. The highest BCUT2D eigenvalue weighted by atomic mass is 79.9. The molecule has 6 nitrogen and oxygen atoms in total. The largest absolute Gasteiger partial charge is 0.378 e. The summed E-state index contributed by atoms with van der Waals surface area (Å²) in [6, 6.07) is 0.0959. The van der Waals surface area contributed by atoms with Gasteiger partial charge in [0.25, 0.3) is 5.56 Å². The van der Waals surface area contributed by atoms with Crippen molar-refractivity contribution in [2.75, 3.05) is 25.5 Å². The van der Waals surface area contributed by atoms with Gasteiger partial charge in [0, 0.05) is 26.7 Å². The molecule has 2 aliphatic rings. The average Bonchev–Trinajstić information content (AvgIpc) is 2.88. The van der Waals surface area contributed by atoms with E-state index in [1.807, 2.05) is 0 Å². The molecule has 1 aliphatic heterocycles. The van der Waals surface area contributed by atoms with Crippen molar-refractivity contribution >= 4 is 21.6 Å². The minimum Gasteiger partial charge on any atom is -0.378 e. The summed E-state index contributed by atoms with van der Waals surface area (Å²) in [5.74, 6) is 0.601. The van der Waals surface area contributed by atoms with Gasteiger partial charge >= 0.3 is 0 Å². The minimum atomic E-state index is -0.0574. The van der Waals surface area contributed by atoms with Crippen LogP contribution < -0.4 is 16.2 Å². The molecule has 2 atom stereocenters. The van der Waals surface area contributed by atoms with Crippen LogP contribution in [0, 0.1) is 5.92 Å². The highest BCUT2D eigenvalue weighted by Crippen LogP contribution is 2.27. The fraction of sp³-hybridized carbons (Fsp3) is 0.714. The van der Waals surface area contributed by atoms with Gasteiger partial charge in [-0.05, 0) is 34.7 Å². The lowest BCUT2D eigenvalue weighted by molar-refractivity contribution is 0.111. The molecule has 1 saturated heterocycles. The normalized spacial score (nSPS) is 25.8. The molecular weight excluding hydrogens is 336 g/mol. The standard InChI is InChI=1S/C14H21BrN4O2/c1-21-12-7-16-6-11(12)18-13-10(15)5-17-19(14(13)20)8-9-3-2-4-9/h5,9,11-12,16,18H,2-4,6-8H2,1H3/t11?,12-/m0/s1. The van der Waals surface area contributed by atoms with Gasteiger partial charge in [-0.3, -0.25) is 4.79 Å². The Labute approximate surface area is 132 Å². The molecule has 1 saturated carbocycles. The maximum absolute atomic E-state index is 12.6. The van der Waals surface area contributed by atoms with E-state index in [0.29, 0.717) is 16.1 Å². The van der Waals surface area contributed by atoms with E-state index in [0.717, 1.165) is 19.6 Å². The van der Waals surface area contributed by atoms with Gasteiger partial charge in [-0.25, -0.2) is 4.68 Å². The zero-order valence-corrected chi connectivity index (χ0v) is 13.7. The molecule has 2 heterocycles. The smallest absolute Gasteiger partial charge is 0.291 e. The van der Waals surface area contributed by atoms with Crippen LogP contribution in [0.3, 0.4) is 0 Å². The summed E-state index contributed by atoms with van der Waals surface area (Å²) in [5.41, 5.74) is 0.526. The number of rotatable bonds is 5. The zero-order valence-electron chi connectivity index (χ0n) is 12.1. The molecule has 21 heavy (non-hydrogen) atoms. The van der Waals surface area contributed by atoms with Crippen LogP contribution in [0.2, 0.25) is 0 Å². The van der Waals surface area contributed by atoms with Gasteiger partial charge in [0.1, 0.15) is 5.69 Å². The molecule has 1 aliphatic carbocycles. The number of nitrogens with zero attached hydrogens (tertiary/aromatic N) is 2.